The summed E-state index contributed by atoms with van der Waals surface area (Å²) < 4.78 is 0. The minimum Gasteiger partial charge on any atom is -0.350 e. The number of nitrogens with zero attached hydrogens (tertiary/aromatic N) is 1. The van der Waals surface area contributed by atoms with Crippen molar-refractivity contribution in [2.75, 3.05) is 12.3 Å². The Hall–Kier alpha value is -1.33. The minimum atomic E-state index is -0.115. The highest BCUT2D eigenvalue weighted by atomic mass is 32.1. The first-order valence-electron chi connectivity index (χ1n) is 6.17. The molecule has 2 aromatic rings. The van der Waals surface area contributed by atoms with Gasteiger partial charge in [0.05, 0.1) is 5.01 Å². The van der Waals surface area contributed by atoms with Crippen LogP contribution in [0.5, 0.6) is 0 Å². The maximum Gasteiger partial charge on any atom is 0.270 e. The molecule has 0 saturated heterocycles. The number of carbonyl (C=O) groups excluding carboxylic acids is 1. The van der Waals surface area contributed by atoms with E-state index in [4.69, 9.17) is 0 Å². The van der Waals surface area contributed by atoms with Gasteiger partial charge in [-0.25, -0.2) is 4.98 Å². The summed E-state index contributed by atoms with van der Waals surface area (Å²) in [4.78, 5) is 16.0. The maximum atomic E-state index is 11.7. The van der Waals surface area contributed by atoms with E-state index in [0.29, 0.717) is 18.0 Å². The van der Waals surface area contributed by atoms with E-state index < -0.39 is 0 Å². The molecule has 19 heavy (non-hydrogen) atoms. The van der Waals surface area contributed by atoms with Crippen LogP contribution in [0.15, 0.2) is 35.7 Å². The number of thiazole rings is 1. The van der Waals surface area contributed by atoms with Crippen LogP contribution >= 0.6 is 24.0 Å². The lowest BCUT2D eigenvalue weighted by Crippen LogP contribution is -2.25. The predicted octanol–water partition coefficient (Wildman–Crippen LogP) is 2.59. The van der Waals surface area contributed by atoms with Crippen LogP contribution in [0.4, 0.5) is 0 Å². The van der Waals surface area contributed by atoms with Crippen LogP contribution in [0.2, 0.25) is 0 Å². The molecule has 2 rings (SSSR count). The number of aryl methyl sites for hydroxylation is 2. The summed E-state index contributed by atoms with van der Waals surface area (Å²) in [5, 5.41) is 5.58. The Balaban J connectivity index is 1.89. The summed E-state index contributed by atoms with van der Waals surface area (Å²) >= 11 is 5.59. The van der Waals surface area contributed by atoms with E-state index in [0.717, 1.165) is 17.8 Å². The van der Waals surface area contributed by atoms with E-state index in [9.17, 15) is 4.79 Å². The summed E-state index contributed by atoms with van der Waals surface area (Å²) in [6.07, 6.45) is 1.82. The van der Waals surface area contributed by atoms with Crippen LogP contribution in [-0.4, -0.2) is 23.2 Å². The molecular weight excluding hydrogens is 276 g/mol. The van der Waals surface area contributed by atoms with Gasteiger partial charge >= 0.3 is 0 Å². The third kappa shape index (κ3) is 4.36. The molecule has 0 aliphatic carbocycles. The Morgan fingerprint density at radius 3 is 2.79 bits per heavy atom. The number of hydrogen-bond donors (Lipinski definition) is 2. The zero-order chi connectivity index (χ0) is 13.5. The number of aromatic nitrogens is 1. The van der Waals surface area contributed by atoms with Gasteiger partial charge in [-0.1, -0.05) is 30.3 Å². The van der Waals surface area contributed by atoms with Gasteiger partial charge in [-0.3, -0.25) is 4.79 Å². The fourth-order valence-electron chi connectivity index (χ4n) is 1.69. The second kappa shape index (κ2) is 7.31. The lowest BCUT2D eigenvalue weighted by atomic mass is 10.1. The van der Waals surface area contributed by atoms with Crippen LogP contribution in [0.25, 0.3) is 0 Å². The zero-order valence-corrected chi connectivity index (χ0v) is 12.2. The van der Waals surface area contributed by atoms with Crippen molar-refractivity contribution in [3.63, 3.8) is 0 Å². The first-order valence-corrected chi connectivity index (χ1v) is 7.68. The van der Waals surface area contributed by atoms with Crippen LogP contribution < -0.4 is 5.32 Å². The molecule has 0 unspecified atom stereocenters. The first kappa shape index (κ1) is 14.1. The van der Waals surface area contributed by atoms with Crippen molar-refractivity contribution >= 4 is 29.9 Å². The van der Waals surface area contributed by atoms with Crippen LogP contribution in [-0.2, 0) is 12.8 Å². The van der Waals surface area contributed by atoms with Gasteiger partial charge < -0.3 is 5.32 Å². The average molecular weight is 292 g/mol. The largest absolute Gasteiger partial charge is 0.350 e. The van der Waals surface area contributed by atoms with E-state index in [1.165, 1.54) is 16.9 Å². The van der Waals surface area contributed by atoms with Gasteiger partial charge in [-0.05, 0) is 12.0 Å². The molecule has 0 aliphatic heterocycles. The second-order valence-corrected chi connectivity index (χ2v) is 5.48. The number of benzene rings is 1. The van der Waals surface area contributed by atoms with Crippen molar-refractivity contribution < 1.29 is 4.79 Å². The van der Waals surface area contributed by atoms with Crippen LogP contribution in [0, 0.1) is 0 Å². The molecule has 1 aromatic heterocycles. The van der Waals surface area contributed by atoms with E-state index >= 15 is 0 Å². The van der Waals surface area contributed by atoms with Crippen LogP contribution in [0.3, 0.4) is 0 Å². The van der Waals surface area contributed by atoms with E-state index in [-0.39, 0.29) is 5.91 Å². The summed E-state index contributed by atoms with van der Waals surface area (Å²) in [7, 11) is 0. The third-order valence-electron chi connectivity index (χ3n) is 2.65. The van der Waals surface area contributed by atoms with Crippen molar-refractivity contribution in [2.45, 2.75) is 12.8 Å². The van der Waals surface area contributed by atoms with E-state index in [2.05, 4.69) is 35.1 Å². The Bertz CT molecular complexity index is 525. The van der Waals surface area contributed by atoms with Gasteiger partial charge in [-0.15, -0.1) is 11.3 Å². The molecule has 0 aliphatic rings. The Morgan fingerprint density at radius 2 is 2.05 bits per heavy atom. The van der Waals surface area contributed by atoms with Crippen molar-refractivity contribution in [3.8, 4) is 0 Å². The first-order chi connectivity index (χ1) is 9.29. The van der Waals surface area contributed by atoms with Crippen molar-refractivity contribution in [3.05, 3.63) is 52.0 Å². The predicted molar refractivity (Wildman–Crippen MR) is 82.2 cm³/mol. The number of nitrogens with one attached hydrogen (secondary N) is 1. The topological polar surface area (TPSA) is 42.0 Å². The summed E-state index contributed by atoms with van der Waals surface area (Å²) in [5.74, 6) is 0.521. The number of carbonyl (C=O) groups is 1. The van der Waals surface area contributed by atoms with Gasteiger partial charge in [0.2, 0.25) is 0 Å². The lowest BCUT2D eigenvalue weighted by Gasteiger charge is -1.99. The highest BCUT2D eigenvalue weighted by Crippen LogP contribution is 2.13. The molecule has 0 saturated carbocycles. The standard InChI is InChI=1S/C14H16N2OS2/c17-14(15-8-9-18)12-10-19-13(16-12)7-6-11-4-2-1-3-5-11/h1-5,10,18H,6-9H2,(H,15,17). The normalized spacial score (nSPS) is 10.4. The molecule has 1 aromatic carbocycles. The van der Waals surface area contributed by atoms with Crippen LogP contribution in [0.1, 0.15) is 21.1 Å². The van der Waals surface area contributed by atoms with Gasteiger partial charge in [0.15, 0.2) is 0 Å². The molecule has 100 valence electrons. The number of thiol groups is 1. The molecule has 1 N–H and O–H groups in total. The molecular formula is C14H16N2OS2. The van der Waals surface area contributed by atoms with Gasteiger partial charge in [-0.2, -0.15) is 12.6 Å². The SMILES string of the molecule is O=C(NCCS)c1csc(CCc2ccccc2)n1. The third-order valence-corrected chi connectivity index (χ3v) is 3.78. The highest BCUT2D eigenvalue weighted by molar-refractivity contribution is 7.80. The van der Waals surface area contributed by atoms with Gasteiger partial charge in [0, 0.05) is 24.1 Å². The van der Waals surface area contributed by atoms with Crippen molar-refractivity contribution in [2.24, 2.45) is 0 Å². The molecule has 0 bridgehead atoms. The Kier molecular flexibility index (Phi) is 5.42. The summed E-state index contributed by atoms with van der Waals surface area (Å²) in [6, 6.07) is 10.3. The second-order valence-electron chi connectivity index (χ2n) is 4.09. The quantitative estimate of drug-likeness (QED) is 0.804. The lowest BCUT2D eigenvalue weighted by molar-refractivity contribution is 0.0952. The number of hydrogen-bond acceptors (Lipinski definition) is 4. The van der Waals surface area contributed by atoms with Gasteiger partial charge in [0.1, 0.15) is 5.69 Å². The molecule has 0 spiro atoms. The Labute approximate surface area is 122 Å². The maximum absolute atomic E-state index is 11.7. The van der Waals surface area contributed by atoms with E-state index in [1.807, 2.05) is 23.6 Å². The highest BCUT2D eigenvalue weighted by Gasteiger charge is 2.09. The molecule has 1 heterocycles. The fourth-order valence-corrected chi connectivity index (χ4v) is 2.58. The molecule has 1 amide bonds. The summed E-state index contributed by atoms with van der Waals surface area (Å²) in [5.41, 5.74) is 1.80. The smallest absolute Gasteiger partial charge is 0.270 e. The average Bonchev–Trinajstić information content (AvgIpc) is 2.92. The van der Waals surface area contributed by atoms with Gasteiger partial charge in [0.25, 0.3) is 5.91 Å². The monoisotopic (exact) mass is 292 g/mol. The number of amides is 1. The fraction of sp³-hybridized carbons (Fsp3) is 0.286. The number of rotatable bonds is 6. The minimum absolute atomic E-state index is 0.115. The molecule has 0 atom stereocenters. The van der Waals surface area contributed by atoms with Crippen molar-refractivity contribution in [1.29, 1.82) is 0 Å². The zero-order valence-electron chi connectivity index (χ0n) is 10.5. The van der Waals surface area contributed by atoms with Crippen molar-refractivity contribution in [1.82, 2.24) is 10.3 Å². The molecule has 0 radical (unpaired) electrons. The molecule has 0 fully saturated rings. The molecule has 5 heteroatoms. The summed E-state index contributed by atoms with van der Waals surface area (Å²) in [6.45, 7) is 0.568. The Morgan fingerprint density at radius 1 is 1.26 bits per heavy atom. The van der Waals surface area contributed by atoms with E-state index in [1.54, 1.807) is 0 Å². The molecule has 3 nitrogen and oxygen atoms in total.